The van der Waals surface area contributed by atoms with Crippen LogP contribution in [0.5, 0.6) is 0 Å². The van der Waals surface area contributed by atoms with Gasteiger partial charge in [0.15, 0.2) is 11.7 Å². The first-order valence-electron chi connectivity index (χ1n) is 8.51. The van der Waals surface area contributed by atoms with Crippen molar-refractivity contribution in [3.63, 3.8) is 0 Å². The molecule has 6 nitrogen and oxygen atoms in total. The van der Waals surface area contributed by atoms with Crippen molar-refractivity contribution in [1.29, 1.82) is 0 Å². The molecule has 0 saturated heterocycles. The molecule has 0 atom stereocenters. The minimum absolute atomic E-state index is 0. The first kappa shape index (κ1) is 23.1. The molecular formula is C18H20F3IN6S. The third-order valence-corrected chi connectivity index (χ3v) is 4.75. The van der Waals surface area contributed by atoms with Crippen LogP contribution < -0.4 is 10.6 Å². The van der Waals surface area contributed by atoms with Crippen LogP contribution in [0.25, 0.3) is 5.69 Å². The summed E-state index contributed by atoms with van der Waals surface area (Å²) >= 11 is 1.01. The van der Waals surface area contributed by atoms with Gasteiger partial charge in [-0.1, -0.05) is 12.1 Å². The second-order valence-corrected chi connectivity index (χ2v) is 6.79. The number of halogens is 4. The normalized spacial score (nSPS) is 11.8. The molecule has 156 valence electrons. The first-order valence-corrected chi connectivity index (χ1v) is 9.39. The van der Waals surface area contributed by atoms with Crippen molar-refractivity contribution in [1.82, 2.24) is 25.4 Å². The molecule has 0 aliphatic carbocycles. The fourth-order valence-corrected chi connectivity index (χ4v) is 3.29. The number of benzene rings is 1. The molecule has 0 amide bonds. The average Bonchev–Trinajstić information content (AvgIpc) is 3.36. The third-order valence-electron chi connectivity index (χ3n) is 3.84. The second-order valence-electron chi connectivity index (χ2n) is 5.85. The number of hydrogen-bond acceptors (Lipinski definition) is 4. The van der Waals surface area contributed by atoms with E-state index in [0.717, 1.165) is 28.0 Å². The summed E-state index contributed by atoms with van der Waals surface area (Å²) < 4.78 is 39.5. The fourth-order valence-electron chi connectivity index (χ4n) is 2.48. The van der Waals surface area contributed by atoms with E-state index in [0.29, 0.717) is 30.5 Å². The van der Waals surface area contributed by atoms with Gasteiger partial charge in [-0.25, -0.2) is 9.67 Å². The number of nitrogens with one attached hydrogen (secondary N) is 2. The van der Waals surface area contributed by atoms with Gasteiger partial charge in [-0.15, -0.1) is 35.3 Å². The Morgan fingerprint density at radius 1 is 1.24 bits per heavy atom. The van der Waals surface area contributed by atoms with E-state index in [1.165, 1.54) is 0 Å². The number of aliphatic imine (C=N–C) groups is 1. The van der Waals surface area contributed by atoms with Crippen molar-refractivity contribution < 1.29 is 13.2 Å². The Balaban J connectivity index is 0.00000300. The third kappa shape index (κ3) is 6.70. The molecule has 2 aromatic heterocycles. The van der Waals surface area contributed by atoms with Gasteiger partial charge in [0.2, 0.25) is 0 Å². The number of alkyl halides is 3. The minimum atomic E-state index is -4.40. The lowest BCUT2D eigenvalue weighted by Gasteiger charge is -2.12. The summed E-state index contributed by atoms with van der Waals surface area (Å²) in [6, 6.07) is 9.78. The van der Waals surface area contributed by atoms with Gasteiger partial charge in [-0.2, -0.15) is 18.3 Å². The van der Waals surface area contributed by atoms with E-state index < -0.39 is 11.9 Å². The number of nitrogens with zero attached hydrogens (tertiary/aromatic N) is 4. The molecule has 11 heteroatoms. The standard InChI is InChI=1S/C18H19F3N6S.HI/c1-22-17(23-8-6-16-26-15(12-28-16)18(19,20)21)24-11-13-4-2-5-14(10-13)27-9-3-7-25-27;/h2-5,7,9-10,12H,6,8,11H2,1H3,(H2,22,23,24);1H. The maximum atomic E-state index is 12.6. The summed E-state index contributed by atoms with van der Waals surface area (Å²) in [5.41, 5.74) is 1.16. The van der Waals surface area contributed by atoms with Crippen LogP contribution in [0.1, 0.15) is 16.3 Å². The van der Waals surface area contributed by atoms with E-state index in [9.17, 15) is 13.2 Å². The predicted molar refractivity (Wildman–Crippen MR) is 118 cm³/mol. The number of guanidine groups is 1. The van der Waals surface area contributed by atoms with Gasteiger partial charge >= 0.3 is 6.18 Å². The topological polar surface area (TPSA) is 67.1 Å². The molecule has 2 heterocycles. The second kappa shape index (κ2) is 10.6. The molecule has 0 unspecified atom stereocenters. The molecule has 0 radical (unpaired) electrons. The number of rotatable bonds is 6. The zero-order chi connectivity index (χ0) is 20.0. The van der Waals surface area contributed by atoms with Crippen LogP contribution >= 0.6 is 35.3 Å². The zero-order valence-electron chi connectivity index (χ0n) is 15.5. The Bertz CT molecular complexity index is 924. The molecule has 0 fully saturated rings. The van der Waals surface area contributed by atoms with Gasteiger partial charge in [0, 0.05) is 44.3 Å². The number of hydrogen-bond donors (Lipinski definition) is 2. The van der Waals surface area contributed by atoms with Crippen LogP contribution in [-0.4, -0.2) is 34.3 Å². The van der Waals surface area contributed by atoms with Gasteiger partial charge in [-0.05, 0) is 23.8 Å². The summed E-state index contributed by atoms with van der Waals surface area (Å²) in [4.78, 5) is 7.75. The molecule has 3 aromatic rings. The minimum Gasteiger partial charge on any atom is -0.356 e. The highest BCUT2D eigenvalue weighted by atomic mass is 127. The molecule has 0 saturated carbocycles. The summed E-state index contributed by atoms with van der Waals surface area (Å²) in [7, 11) is 1.64. The van der Waals surface area contributed by atoms with Gasteiger partial charge in [-0.3, -0.25) is 4.99 Å². The Hall–Kier alpha value is -2.15. The average molecular weight is 536 g/mol. The maximum Gasteiger partial charge on any atom is 0.434 e. The van der Waals surface area contributed by atoms with Crippen LogP contribution in [0.15, 0.2) is 53.1 Å². The van der Waals surface area contributed by atoms with Crippen molar-refractivity contribution in [3.05, 3.63) is 64.4 Å². The van der Waals surface area contributed by atoms with E-state index in [2.05, 4.69) is 25.7 Å². The van der Waals surface area contributed by atoms with E-state index in [-0.39, 0.29) is 24.0 Å². The van der Waals surface area contributed by atoms with E-state index in [1.807, 2.05) is 36.5 Å². The SMILES string of the molecule is CN=C(NCCc1nc(C(F)(F)F)cs1)NCc1cccc(-n2cccn2)c1.I. The molecule has 2 N–H and O–H groups in total. The Morgan fingerprint density at radius 3 is 2.72 bits per heavy atom. The number of thiazole rings is 1. The highest BCUT2D eigenvalue weighted by molar-refractivity contribution is 14.0. The van der Waals surface area contributed by atoms with E-state index >= 15 is 0 Å². The Labute approximate surface area is 187 Å². The van der Waals surface area contributed by atoms with Crippen LogP contribution in [0.4, 0.5) is 13.2 Å². The lowest BCUT2D eigenvalue weighted by molar-refractivity contribution is -0.140. The van der Waals surface area contributed by atoms with Crippen LogP contribution in [0.3, 0.4) is 0 Å². The van der Waals surface area contributed by atoms with Gasteiger partial charge in [0.05, 0.1) is 10.7 Å². The van der Waals surface area contributed by atoms with Crippen LogP contribution in [0.2, 0.25) is 0 Å². The van der Waals surface area contributed by atoms with Gasteiger partial charge in [0.25, 0.3) is 0 Å². The molecule has 1 aromatic carbocycles. The summed E-state index contributed by atoms with van der Waals surface area (Å²) in [5, 5.41) is 12.0. The van der Waals surface area contributed by atoms with Gasteiger partial charge < -0.3 is 10.6 Å². The number of aromatic nitrogens is 3. The molecular weight excluding hydrogens is 516 g/mol. The molecule has 3 rings (SSSR count). The quantitative estimate of drug-likeness (QED) is 0.285. The van der Waals surface area contributed by atoms with Crippen molar-refractivity contribution in [2.24, 2.45) is 4.99 Å². The van der Waals surface area contributed by atoms with Gasteiger partial charge in [0.1, 0.15) is 0 Å². The van der Waals surface area contributed by atoms with Crippen LogP contribution in [-0.2, 0) is 19.1 Å². The van der Waals surface area contributed by atoms with Crippen molar-refractivity contribution in [2.45, 2.75) is 19.1 Å². The molecule has 0 bridgehead atoms. The monoisotopic (exact) mass is 536 g/mol. The van der Waals surface area contributed by atoms with Crippen molar-refractivity contribution >= 4 is 41.3 Å². The molecule has 0 aliphatic heterocycles. The fraction of sp³-hybridized carbons (Fsp3) is 0.278. The first-order chi connectivity index (χ1) is 13.5. The summed E-state index contributed by atoms with van der Waals surface area (Å²) in [6.45, 7) is 0.974. The smallest absolute Gasteiger partial charge is 0.356 e. The molecule has 0 spiro atoms. The zero-order valence-corrected chi connectivity index (χ0v) is 18.6. The summed E-state index contributed by atoms with van der Waals surface area (Å²) in [5.74, 6) is 0.567. The van der Waals surface area contributed by atoms with Crippen molar-refractivity contribution in [2.75, 3.05) is 13.6 Å². The van der Waals surface area contributed by atoms with Crippen molar-refractivity contribution in [3.8, 4) is 5.69 Å². The maximum absolute atomic E-state index is 12.6. The predicted octanol–water partition coefficient (Wildman–Crippen LogP) is 3.87. The van der Waals surface area contributed by atoms with Crippen LogP contribution in [0, 0.1) is 0 Å². The van der Waals surface area contributed by atoms with E-state index in [4.69, 9.17) is 0 Å². The largest absolute Gasteiger partial charge is 0.434 e. The summed E-state index contributed by atoms with van der Waals surface area (Å²) in [6.07, 6.45) is -0.423. The lowest BCUT2D eigenvalue weighted by Crippen LogP contribution is -2.37. The Kier molecular flexibility index (Phi) is 8.44. The van der Waals surface area contributed by atoms with E-state index in [1.54, 1.807) is 17.9 Å². The lowest BCUT2D eigenvalue weighted by atomic mass is 10.2. The molecule has 0 aliphatic rings. The Morgan fingerprint density at radius 2 is 2.07 bits per heavy atom. The highest BCUT2D eigenvalue weighted by Crippen LogP contribution is 2.29. The molecule has 29 heavy (non-hydrogen) atoms. The highest BCUT2D eigenvalue weighted by Gasteiger charge is 2.33.